The van der Waals surface area contributed by atoms with Crippen molar-refractivity contribution in [2.24, 2.45) is 11.8 Å². The largest absolute Gasteiger partial charge is 0.376 e. The maximum atomic E-state index is 13.0. The van der Waals surface area contributed by atoms with Crippen molar-refractivity contribution < 1.29 is 24.0 Å². The van der Waals surface area contributed by atoms with Gasteiger partial charge in [-0.25, -0.2) is 4.98 Å². The van der Waals surface area contributed by atoms with Gasteiger partial charge in [0.05, 0.1) is 43.7 Å². The summed E-state index contributed by atoms with van der Waals surface area (Å²) >= 11 is 2.44. The average molecular weight is 618 g/mol. The zero-order chi connectivity index (χ0) is 30.1. The lowest BCUT2D eigenvalue weighted by molar-refractivity contribution is -0.387. The Kier molecular flexibility index (Phi) is 8.25. The standard InChI is InChI=1S/C30H27N5O6S2/c31-15-18(27(36)32-16-20-4-3-11-41-20)12-17-7-10-25(24(13-17)35(39)40)42-30-33-23-9-8-19(14-26(23)43-30)34-28(37)21-5-1-2-6-22(21)29(34)38/h7-10,12-14,20-22H,1-6,11,16H2,(H,32,36)/b18-12+/t20-,21+,22+/m0/s1. The van der Waals surface area contributed by atoms with E-state index in [0.717, 1.165) is 55.0 Å². The molecule has 2 aliphatic heterocycles. The maximum absolute atomic E-state index is 13.0. The van der Waals surface area contributed by atoms with Crippen molar-refractivity contribution in [3.8, 4) is 6.07 Å². The summed E-state index contributed by atoms with van der Waals surface area (Å²) < 4.78 is 6.79. The van der Waals surface area contributed by atoms with E-state index in [0.29, 0.717) is 39.2 Å². The Morgan fingerprint density at radius 3 is 2.60 bits per heavy atom. The molecule has 3 fully saturated rings. The highest BCUT2D eigenvalue weighted by atomic mass is 32.2. The van der Waals surface area contributed by atoms with Crippen molar-refractivity contribution in [2.75, 3.05) is 18.1 Å². The number of aromatic nitrogens is 1. The van der Waals surface area contributed by atoms with Crippen LogP contribution in [0, 0.1) is 33.3 Å². The van der Waals surface area contributed by atoms with E-state index in [1.165, 1.54) is 28.4 Å². The number of hydrogen-bond donors (Lipinski definition) is 1. The van der Waals surface area contributed by atoms with Crippen molar-refractivity contribution in [2.45, 2.75) is 53.9 Å². The Balaban J connectivity index is 1.20. The number of amides is 3. The minimum Gasteiger partial charge on any atom is -0.376 e. The summed E-state index contributed by atoms with van der Waals surface area (Å²) in [5, 5.41) is 24.2. The second-order valence-electron chi connectivity index (χ2n) is 10.7. The smallest absolute Gasteiger partial charge is 0.283 e. The summed E-state index contributed by atoms with van der Waals surface area (Å²) in [7, 11) is 0. The van der Waals surface area contributed by atoms with Gasteiger partial charge in [0.25, 0.3) is 11.6 Å². The van der Waals surface area contributed by atoms with Crippen LogP contribution in [0.2, 0.25) is 0 Å². The number of thiazole rings is 1. The van der Waals surface area contributed by atoms with Gasteiger partial charge in [-0.15, -0.1) is 11.3 Å². The molecule has 3 aliphatic rings. The first-order valence-corrected chi connectivity index (χ1v) is 15.7. The Morgan fingerprint density at radius 1 is 1.16 bits per heavy atom. The number of nitrogens with zero attached hydrogens (tertiary/aromatic N) is 4. The third-order valence-electron chi connectivity index (χ3n) is 8.02. The third-order valence-corrected chi connectivity index (χ3v) is 10.2. The number of hydrogen-bond acceptors (Lipinski definition) is 10. The number of carbonyl (C=O) groups excluding carboxylic acids is 3. The normalized spacial score (nSPS) is 22.1. The minimum atomic E-state index is -0.566. The van der Waals surface area contributed by atoms with E-state index in [2.05, 4.69) is 10.3 Å². The first-order valence-electron chi connectivity index (χ1n) is 14.1. The monoisotopic (exact) mass is 617 g/mol. The Bertz CT molecular complexity index is 1680. The second-order valence-corrected chi connectivity index (χ2v) is 13.1. The highest BCUT2D eigenvalue weighted by Gasteiger charge is 2.48. The molecule has 43 heavy (non-hydrogen) atoms. The summed E-state index contributed by atoms with van der Waals surface area (Å²) in [6.07, 6.45) is 6.40. The van der Waals surface area contributed by atoms with Gasteiger partial charge in [-0.3, -0.25) is 29.4 Å². The number of nitro groups is 1. The van der Waals surface area contributed by atoms with Gasteiger partial charge in [0.1, 0.15) is 11.6 Å². The van der Waals surface area contributed by atoms with Crippen LogP contribution < -0.4 is 10.2 Å². The lowest BCUT2D eigenvalue weighted by Gasteiger charge is -2.19. The molecule has 13 heteroatoms. The molecule has 0 radical (unpaired) electrons. The molecule has 3 amide bonds. The first kappa shape index (κ1) is 29.0. The van der Waals surface area contributed by atoms with E-state index in [-0.39, 0.29) is 41.0 Å². The fraction of sp³-hybridized carbons (Fsp3) is 0.367. The molecule has 1 aromatic heterocycles. The minimum absolute atomic E-state index is 0.0788. The van der Waals surface area contributed by atoms with Crippen LogP contribution in [0.5, 0.6) is 0 Å². The number of benzene rings is 2. The average Bonchev–Trinajstić information content (AvgIpc) is 3.73. The summed E-state index contributed by atoms with van der Waals surface area (Å²) in [4.78, 5) is 56.3. The van der Waals surface area contributed by atoms with Crippen LogP contribution >= 0.6 is 23.1 Å². The number of nitro benzene ring substituents is 1. The van der Waals surface area contributed by atoms with Crippen LogP contribution in [0.4, 0.5) is 11.4 Å². The molecule has 2 aromatic carbocycles. The van der Waals surface area contributed by atoms with E-state index in [4.69, 9.17) is 4.74 Å². The molecule has 11 nitrogen and oxygen atoms in total. The molecular formula is C30H27N5O6S2. The third kappa shape index (κ3) is 5.90. The summed E-state index contributed by atoms with van der Waals surface area (Å²) in [6, 6.07) is 11.6. The Hall–Kier alpha value is -4.12. The van der Waals surface area contributed by atoms with Gasteiger partial charge >= 0.3 is 0 Å². The van der Waals surface area contributed by atoms with Gasteiger partial charge < -0.3 is 10.1 Å². The van der Waals surface area contributed by atoms with Gasteiger partial charge in [-0.2, -0.15) is 5.26 Å². The van der Waals surface area contributed by atoms with Crippen molar-refractivity contribution in [1.29, 1.82) is 5.26 Å². The molecule has 3 aromatic rings. The van der Waals surface area contributed by atoms with Crippen molar-refractivity contribution in [3.05, 3.63) is 57.6 Å². The molecule has 1 saturated carbocycles. The van der Waals surface area contributed by atoms with Crippen LogP contribution in [0.1, 0.15) is 44.1 Å². The van der Waals surface area contributed by atoms with Gasteiger partial charge in [0.2, 0.25) is 11.8 Å². The number of fused-ring (bicyclic) bond motifs is 2. The highest BCUT2D eigenvalue weighted by molar-refractivity contribution is 8.01. The van der Waals surface area contributed by atoms with Crippen LogP contribution in [0.3, 0.4) is 0 Å². The first-order chi connectivity index (χ1) is 20.8. The van der Waals surface area contributed by atoms with Gasteiger partial charge in [0.15, 0.2) is 4.34 Å². The van der Waals surface area contributed by atoms with Crippen LogP contribution in [-0.2, 0) is 19.1 Å². The predicted octanol–water partition coefficient (Wildman–Crippen LogP) is 5.24. The molecule has 0 bridgehead atoms. The number of carbonyl (C=O) groups is 3. The maximum Gasteiger partial charge on any atom is 0.283 e. The molecule has 2 saturated heterocycles. The molecule has 6 rings (SSSR count). The quantitative estimate of drug-likeness (QED) is 0.117. The predicted molar refractivity (Wildman–Crippen MR) is 160 cm³/mol. The fourth-order valence-electron chi connectivity index (χ4n) is 5.86. The molecule has 3 atom stereocenters. The molecule has 1 aliphatic carbocycles. The van der Waals surface area contributed by atoms with Crippen LogP contribution in [-0.4, -0.2) is 46.9 Å². The molecule has 0 unspecified atom stereocenters. The van der Waals surface area contributed by atoms with Crippen molar-refractivity contribution in [3.63, 3.8) is 0 Å². The van der Waals surface area contributed by atoms with E-state index < -0.39 is 10.8 Å². The summed E-state index contributed by atoms with van der Waals surface area (Å²) in [5.41, 5.74) is 1.17. The lowest BCUT2D eigenvalue weighted by atomic mass is 9.81. The van der Waals surface area contributed by atoms with Crippen LogP contribution in [0.25, 0.3) is 16.3 Å². The van der Waals surface area contributed by atoms with Gasteiger partial charge in [-0.05, 0) is 61.6 Å². The highest BCUT2D eigenvalue weighted by Crippen LogP contribution is 2.43. The summed E-state index contributed by atoms with van der Waals surface area (Å²) in [5.74, 6) is -1.33. The molecule has 0 spiro atoms. The zero-order valence-corrected chi connectivity index (χ0v) is 24.6. The number of ether oxygens (including phenoxy) is 1. The van der Waals surface area contributed by atoms with Crippen molar-refractivity contribution >= 4 is 68.5 Å². The van der Waals surface area contributed by atoms with Crippen molar-refractivity contribution in [1.82, 2.24) is 10.3 Å². The number of anilines is 1. The second kappa shape index (κ2) is 12.2. The van der Waals surface area contributed by atoms with Gasteiger partial charge in [-0.1, -0.05) is 30.7 Å². The number of nitriles is 1. The van der Waals surface area contributed by atoms with E-state index in [1.54, 1.807) is 30.3 Å². The zero-order valence-electron chi connectivity index (χ0n) is 23.0. The van der Waals surface area contributed by atoms with E-state index in [9.17, 15) is 29.8 Å². The Morgan fingerprint density at radius 2 is 1.93 bits per heavy atom. The number of nitrogens with one attached hydrogen (secondary N) is 1. The topological polar surface area (TPSA) is 156 Å². The molecule has 1 N–H and O–H groups in total. The van der Waals surface area contributed by atoms with E-state index >= 15 is 0 Å². The summed E-state index contributed by atoms with van der Waals surface area (Å²) in [6.45, 7) is 0.942. The molecule has 220 valence electrons. The van der Waals surface area contributed by atoms with Gasteiger partial charge in [0, 0.05) is 19.2 Å². The molecule has 3 heterocycles. The Labute approximate surface area is 255 Å². The SMILES string of the molecule is N#C/C(=C\c1ccc(Sc2nc3ccc(N4C(=O)[C@@H]5CCCC[C@H]5C4=O)cc3s2)c([N+](=O)[O-])c1)C(=O)NC[C@@H]1CCCO1. The number of imide groups is 1. The van der Waals surface area contributed by atoms with E-state index in [1.807, 2.05) is 6.07 Å². The lowest BCUT2D eigenvalue weighted by Crippen LogP contribution is -2.32. The van der Waals surface area contributed by atoms with Crippen LogP contribution in [0.15, 0.2) is 51.2 Å². The number of rotatable bonds is 8. The fourth-order valence-corrected chi connectivity index (χ4v) is 8.00. The molecular weight excluding hydrogens is 590 g/mol.